The maximum absolute atomic E-state index is 10.5. The zero-order chi connectivity index (χ0) is 10.8. The number of aromatic carboxylic acids is 1. The van der Waals surface area contributed by atoms with Gasteiger partial charge < -0.3 is 9.52 Å². The molecule has 0 aliphatic carbocycles. The molecule has 0 aliphatic heterocycles. The normalized spacial score (nSPS) is 10.2. The highest BCUT2D eigenvalue weighted by molar-refractivity contribution is 6.33. The first kappa shape index (κ1) is 9.67. The molecule has 1 aromatic heterocycles. The van der Waals surface area contributed by atoms with Crippen LogP contribution in [0.15, 0.2) is 28.7 Å². The highest BCUT2D eigenvalue weighted by atomic mass is 35.5. The van der Waals surface area contributed by atoms with Gasteiger partial charge in [-0.05, 0) is 12.1 Å². The smallest absolute Gasteiger partial charge is 0.393 e. The molecule has 2 aromatic rings. The third kappa shape index (κ3) is 1.82. The first-order chi connectivity index (χ1) is 7.18. The number of carboxylic acid groups (broad SMARTS) is 1. The van der Waals surface area contributed by atoms with Gasteiger partial charge in [-0.3, -0.25) is 0 Å². The Morgan fingerprint density at radius 1 is 1.33 bits per heavy atom. The Morgan fingerprint density at radius 2 is 2.07 bits per heavy atom. The average Bonchev–Trinajstić information content (AvgIpc) is 2.67. The summed E-state index contributed by atoms with van der Waals surface area (Å²) in [4.78, 5) is 10.5. The maximum Gasteiger partial charge on any atom is 0.393 e. The summed E-state index contributed by atoms with van der Waals surface area (Å²) in [5.74, 6) is -1.62. The van der Waals surface area contributed by atoms with Gasteiger partial charge >= 0.3 is 11.9 Å². The molecule has 6 heteroatoms. The molecule has 0 saturated heterocycles. The maximum atomic E-state index is 10.5. The van der Waals surface area contributed by atoms with Crippen molar-refractivity contribution in [2.24, 2.45) is 0 Å². The van der Waals surface area contributed by atoms with Crippen molar-refractivity contribution in [2.45, 2.75) is 0 Å². The number of hydrogen-bond acceptors (Lipinski definition) is 4. The number of rotatable bonds is 2. The van der Waals surface area contributed by atoms with Crippen LogP contribution in [-0.4, -0.2) is 21.3 Å². The monoisotopic (exact) mass is 224 g/mol. The van der Waals surface area contributed by atoms with Gasteiger partial charge in [0.15, 0.2) is 0 Å². The topological polar surface area (TPSA) is 76.2 Å². The van der Waals surface area contributed by atoms with Gasteiger partial charge in [0, 0.05) is 0 Å². The summed E-state index contributed by atoms with van der Waals surface area (Å²) in [6, 6.07) is 6.81. The number of carbonyl (C=O) groups is 1. The molecule has 0 amide bonds. The molecule has 0 aliphatic rings. The Bertz CT molecular complexity index is 510. The second-order valence-corrected chi connectivity index (χ2v) is 3.10. The summed E-state index contributed by atoms with van der Waals surface area (Å²) in [5.41, 5.74) is 0.513. The third-order valence-electron chi connectivity index (χ3n) is 1.71. The van der Waals surface area contributed by atoms with Crippen LogP contribution < -0.4 is 0 Å². The van der Waals surface area contributed by atoms with Gasteiger partial charge in [-0.25, -0.2) is 4.79 Å². The Balaban J connectivity index is 2.46. The average molecular weight is 225 g/mol. The van der Waals surface area contributed by atoms with Crippen LogP contribution in [0.3, 0.4) is 0 Å². The quantitative estimate of drug-likeness (QED) is 0.845. The van der Waals surface area contributed by atoms with Crippen molar-refractivity contribution in [3.05, 3.63) is 35.2 Å². The number of hydrogen-bond donors (Lipinski definition) is 1. The van der Waals surface area contributed by atoms with Crippen LogP contribution in [0.5, 0.6) is 0 Å². The Kier molecular flexibility index (Phi) is 2.39. The van der Waals surface area contributed by atoms with Crippen molar-refractivity contribution in [3.63, 3.8) is 0 Å². The molecule has 1 heterocycles. The molecule has 15 heavy (non-hydrogen) atoms. The van der Waals surface area contributed by atoms with Crippen molar-refractivity contribution in [2.75, 3.05) is 0 Å². The summed E-state index contributed by atoms with van der Waals surface area (Å²) in [6.07, 6.45) is 0. The first-order valence-electron chi connectivity index (χ1n) is 4.00. The van der Waals surface area contributed by atoms with E-state index in [2.05, 4.69) is 10.2 Å². The SMILES string of the molecule is O=C(O)c1nnc(-c2ccccc2Cl)o1. The lowest BCUT2D eigenvalue weighted by Gasteiger charge is -1.95. The van der Waals surface area contributed by atoms with E-state index in [0.717, 1.165) is 0 Å². The van der Waals surface area contributed by atoms with Crippen molar-refractivity contribution in [3.8, 4) is 11.5 Å². The van der Waals surface area contributed by atoms with Crippen molar-refractivity contribution < 1.29 is 14.3 Å². The van der Waals surface area contributed by atoms with Crippen molar-refractivity contribution >= 4 is 17.6 Å². The molecule has 0 fully saturated rings. The van der Waals surface area contributed by atoms with Gasteiger partial charge in [0.2, 0.25) is 5.89 Å². The van der Waals surface area contributed by atoms with Crippen molar-refractivity contribution in [1.29, 1.82) is 0 Å². The fourth-order valence-electron chi connectivity index (χ4n) is 1.05. The molecule has 0 spiro atoms. The molecular weight excluding hydrogens is 220 g/mol. The molecule has 1 aromatic carbocycles. The van der Waals surface area contributed by atoms with E-state index in [9.17, 15) is 4.79 Å². The van der Waals surface area contributed by atoms with E-state index in [0.29, 0.717) is 10.6 Å². The minimum Gasteiger partial charge on any atom is -0.474 e. The summed E-state index contributed by atoms with van der Waals surface area (Å²) < 4.78 is 4.91. The molecule has 1 N–H and O–H groups in total. The van der Waals surface area contributed by atoms with Crippen LogP contribution in [-0.2, 0) is 0 Å². The predicted molar refractivity (Wildman–Crippen MR) is 51.7 cm³/mol. The molecule has 0 radical (unpaired) electrons. The highest BCUT2D eigenvalue weighted by Gasteiger charge is 2.15. The van der Waals surface area contributed by atoms with Gasteiger partial charge in [0.25, 0.3) is 0 Å². The third-order valence-corrected chi connectivity index (χ3v) is 2.04. The van der Waals surface area contributed by atoms with Gasteiger partial charge in [-0.15, -0.1) is 10.2 Å². The standard InChI is InChI=1S/C9H5ClN2O3/c10-6-4-2-1-3-5(6)7-11-12-8(15-7)9(13)14/h1-4H,(H,13,14). The minimum absolute atomic E-state index is 0.0954. The van der Waals surface area contributed by atoms with Gasteiger partial charge in [-0.1, -0.05) is 23.7 Å². The number of nitrogens with zero attached hydrogens (tertiary/aromatic N) is 2. The Morgan fingerprint density at radius 3 is 2.67 bits per heavy atom. The molecule has 0 unspecified atom stereocenters. The molecule has 0 atom stereocenters. The predicted octanol–water partition coefficient (Wildman–Crippen LogP) is 2.09. The summed E-state index contributed by atoms with van der Waals surface area (Å²) in [7, 11) is 0. The van der Waals surface area contributed by atoms with E-state index in [1.165, 1.54) is 0 Å². The second kappa shape index (κ2) is 3.70. The number of aromatic nitrogens is 2. The van der Waals surface area contributed by atoms with Crippen LogP contribution in [0.25, 0.3) is 11.5 Å². The van der Waals surface area contributed by atoms with Crippen LogP contribution in [0.4, 0.5) is 0 Å². The Labute approximate surface area is 89.3 Å². The molecule has 0 bridgehead atoms. The van der Waals surface area contributed by atoms with Crippen LogP contribution in [0.1, 0.15) is 10.7 Å². The summed E-state index contributed by atoms with van der Waals surface area (Å²) >= 11 is 5.87. The first-order valence-corrected chi connectivity index (χ1v) is 4.38. The van der Waals surface area contributed by atoms with Crippen LogP contribution >= 0.6 is 11.6 Å². The lowest BCUT2D eigenvalue weighted by Crippen LogP contribution is -1.95. The van der Waals surface area contributed by atoms with Gasteiger partial charge in [0.1, 0.15) is 0 Å². The number of carboxylic acids is 1. The fraction of sp³-hybridized carbons (Fsp3) is 0. The van der Waals surface area contributed by atoms with E-state index < -0.39 is 11.9 Å². The molecule has 76 valence electrons. The zero-order valence-electron chi connectivity index (χ0n) is 7.35. The van der Waals surface area contributed by atoms with Crippen LogP contribution in [0.2, 0.25) is 5.02 Å². The van der Waals surface area contributed by atoms with Crippen LogP contribution in [0, 0.1) is 0 Å². The fourth-order valence-corrected chi connectivity index (χ4v) is 1.27. The Hall–Kier alpha value is -1.88. The van der Waals surface area contributed by atoms with E-state index in [4.69, 9.17) is 21.1 Å². The second-order valence-electron chi connectivity index (χ2n) is 2.70. The lowest BCUT2D eigenvalue weighted by molar-refractivity contribution is 0.0654. The lowest BCUT2D eigenvalue weighted by atomic mass is 10.2. The molecule has 0 saturated carbocycles. The van der Waals surface area contributed by atoms with E-state index in [1.807, 2.05) is 0 Å². The minimum atomic E-state index is -1.26. The van der Waals surface area contributed by atoms with E-state index in [1.54, 1.807) is 24.3 Å². The molecular formula is C9H5ClN2O3. The highest BCUT2D eigenvalue weighted by Crippen LogP contribution is 2.25. The zero-order valence-corrected chi connectivity index (χ0v) is 8.10. The van der Waals surface area contributed by atoms with Crippen molar-refractivity contribution in [1.82, 2.24) is 10.2 Å². The largest absolute Gasteiger partial charge is 0.474 e. The molecule has 2 rings (SSSR count). The summed E-state index contributed by atoms with van der Waals surface area (Å²) in [6.45, 7) is 0. The van der Waals surface area contributed by atoms with Gasteiger partial charge in [-0.2, -0.15) is 0 Å². The summed E-state index contributed by atoms with van der Waals surface area (Å²) in [5, 5.41) is 16.0. The van der Waals surface area contributed by atoms with E-state index >= 15 is 0 Å². The number of halogens is 1. The molecule has 5 nitrogen and oxygen atoms in total. The van der Waals surface area contributed by atoms with E-state index in [-0.39, 0.29) is 5.89 Å². The number of benzene rings is 1. The van der Waals surface area contributed by atoms with Gasteiger partial charge in [0.05, 0.1) is 10.6 Å².